The van der Waals surface area contributed by atoms with Crippen molar-refractivity contribution in [3.05, 3.63) is 54.1 Å². The fourth-order valence-electron chi connectivity index (χ4n) is 2.42. The topological polar surface area (TPSA) is 72.9 Å². The lowest BCUT2D eigenvalue weighted by atomic mass is 10.2. The molecule has 6 nitrogen and oxygen atoms in total. The number of methoxy groups -OCH3 is 1. The Labute approximate surface area is 134 Å². The summed E-state index contributed by atoms with van der Waals surface area (Å²) in [4.78, 5) is 11.7. The van der Waals surface area contributed by atoms with Crippen LogP contribution in [0.4, 0.5) is 5.69 Å². The second kappa shape index (κ2) is 5.92. The van der Waals surface area contributed by atoms with E-state index in [1.807, 2.05) is 0 Å². The van der Waals surface area contributed by atoms with Gasteiger partial charge in [0.25, 0.3) is 10.0 Å². The Morgan fingerprint density at radius 2 is 1.96 bits per heavy atom. The number of ether oxygens (including phenoxy) is 2. The number of hydrogen-bond donors (Lipinski definition) is 0. The Bertz CT molecular complexity index is 847. The molecule has 0 spiro atoms. The molecular weight excluding hydrogens is 318 g/mol. The molecule has 0 saturated heterocycles. The molecule has 120 valence electrons. The molecule has 0 atom stereocenters. The summed E-state index contributed by atoms with van der Waals surface area (Å²) >= 11 is 0. The maximum absolute atomic E-state index is 12.9. The fraction of sp³-hybridized carbons (Fsp3) is 0.188. The van der Waals surface area contributed by atoms with Crippen LogP contribution in [0.2, 0.25) is 0 Å². The van der Waals surface area contributed by atoms with Gasteiger partial charge in [0, 0.05) is 0 Å². The quantitative estimate of drug-likeness (QED) is 0.804. The maximum atomic E-state index is 12.9. The van der Waals surface area contributed by atoms with E-state index in [0.29, 0.717) is 11.4 Å². The Balaban J connectivity index is 2.05. The van der Waals surface area contributed by atoms with Gasteiger partial charge >= 0.3 is 5.97 Å². The first-order valence-electron chi connectivity index (χ1n) is 6.97. The minimum absolute atomic E-state index is 0.0390. The molecule has 0 N–H and O–H groups in total. The molecule has 0 aromatic heterocycles. The third kappa shape index (κ3) is 2.75. The number of rotatable bonds is 3. The molecule has 2 aromatic carbocycles. The van der Waals surface area contributed by atoms with Gasteiger partial charge < -0.3 is 9.47 Å². The molecule has 3 rings (SSSR count). The largest absolute Gasteiger partial charge is 0.489 e. The average molecular weight is 333 g/mol. The molecular formula is C16H15NO5S. The van der Waals surface area contributed by atoms with E-state index >= 15 is 0 Å². The molecule has 0 aliphatic carbocycles. The molecule has 0 amide bonds. The number of anilines is 1. The van der Waals surface area contributed by atoms with Crippen molar-refractivity contribution in [2.24, 2.45) is 0 Å². The van der Waals surface area contributed by atoms with Crippen LogP contribution in [0.25, 0.3) is 0 Å². The van der Waals surface area contributed by atoms with Crippen LogP contribution in [0.3, 0.4) is 0 Å². The van der Waals surface area contributed by atoms with Crippen molar-refractivity contribution in [1.29, 1.82) is 0 Å². The van der Waals surface area contributed by atoms with Crippen LogP contribution in [-0.2, 0) is 14.8 Å². The molecule has 0 radical (unpaired) electrons. The predicted molar refractivity (Wildman–Crippen MR) is 84.3 cm³/mol. The second-order valence-corrected chi connectivity index (χ2v) is 6.78. The van der Waals surface area contributed by atoms with Gasteiger partial charge in [0.15, 0.2) is 0 Å². The van der Waals surface area contributed by atoms with Gasteiger partial charge in [-0.3, -0.25) is 4.31 Å². The van der Waals surface area contributed by atoms with Gasteiger partial charge in [-0.2, -0.15) is 0 Å². The van der Waals surface area contributed by atoms with Crippen LogP contribution in [0.15, 0.2) is 53.4 Å². The molecule has 23 heavy (non-hydrogen) atoms. The van der Waals surface area contributed by atoms with Gasteiger partial charge in [0.1, 0.15) is 12.4 Å². The minimum atomic E-state index is -3.79. The molecule has 0 saturated carbocycles. The van der Waals surface area contributed by atoms with Crippen molar-refractivity contribution < 1.29 is 22.7 Å². The number of benzene rings is 2. The van der Waals surface area contributed by atoms with Crippen LogP contribution < -0.4 is 9.04 Å². The lowest BCUT2D eigenvalue weighted by Crippen LogP contribution is -2.37. The first kappa shape index (κ1) is 15.4. The molecule has 7 heteroatoms. The van der Waals surface area contributed by atoms with E-state index < -0.39 is 16.0 Å². The van der Waals surface area contributed by atoms with Gasteiger partial charge in [-0.05, 0) is 30.3 Å². The second-order valence-electron chi connectivity index (χ2n) is 4.91. The summed E-state index contributed by atoms with van der Waals surface area (Å²) in [6.45, 7) is 0.481. The zero-order valence-corrected chi connectivity index (χ0v) is 13.2. The lowest BCUT2D eigenvalue weighted by Gasteiger charge is -2.30. The van der Waals surface area contributed by atoms with Crippen LogP contribution in [0, 0.1) is 0 Å². The van der Waals surface area contributed by atoms with Crippen LogP contribution in [0.1, 0.15) is 10.4 Å². The number of para-hydroxylation sites is 2. The van der Waals surface area contributed by atoms with Gasteiger partial charge in [-0.15, -0.1) is 0 Å². The number of fused-ring (bicyclic) bond motifs is 1. The Morgan fingerprint density at radius 3 is 2.74 bits per heavy atom. The molecule has 1 heterocycles. The third-order valence-corrected chi connectivity index (χ3v) is 5.34. The van der Waals surface area contributed by atoms with E-state index in [1.165, 1.54) is 35.7 Å². The highest BCUT2D eigenvalue weighted by Gasteiger charge is 2.30. The van der Waals surface area contributed by atoms with Crippen molar-refractivity contribution in [2.75, 3.05) is 24.6 Å². The smallest absolute Gasteiger partial charge is 0.337 e. The highest BCUT2D eigenvalue weighted by molar-refractivity contribution is 7.92. The van der Waals surface area contributed by atoms with Crippen molar-refractivity contribution in [1.82, 2.24) is 0 Å². The number of nitrogens with zero attached hydrogens (tertiary/aromatic N) is 1. The number of carbonyl (C=O) groups is 1. The van der Waals surface area contributed by atoms with E-state index in [0.717, 1.165) is 0 Å². The van der Waals surface area contributed by atoms with Crippen molar-refractivity contribution in [3.8, 4) is 5.75 Å². The Hall–Kier alpha value is -2.54. The van der Waals surface area contributed by atoms with E-state index in [9.17, 15) is 13.2 Å². The Morgan fingerprint density at radius 1 is 1.17 bits per heavy atom. The standard InChI is InChI=1S/C16H15NO5S/c1-21-16(18)12-5-4-6-13(11-12)23(19,20)17-9-10-22-15-8-3-2-7-14(15)17/h2-8,11H,9-10H2,1H3. The first-order valence-corrected chi connectivity index (χ1v) is 8.41. The van der Waals surface area contributed by atoms with Crippen molar-refractivity contribution in [3.63, 3.8) is 0 Å². The molecule has 2 aromatic rings. The van der Waals surface area contributed by atoms with Crippen LogP contribution in [0.5, 0.6) is 5.75 Å². The number of carbonyl (C=O) groups excluding carboxylic acids is 1. The number of esters is 1. The SMILES string of the molecule is COC(=O)c1cccc(S(=O)(=O)N2CCOc3ccccc32)c1. The maximum Gasteiger partial charge on any atom is 0.337 e. The average Bonchev–Trinajstić information content (AvgIpc) is 2.60. The molecule has 0 fully saturated rings. The zero-order chi connectivity index (χ0) is 16.4. The molecule has 0 bridgehead atoms. The number of hydrogen-bond acceptors (Lipinski definition) is 5. The van der Waals surface area contributed by atoms with Gasteiger partial charge in [0.05, 0.1) is 29.8 Å². The normalized spacial score (nSPS) is 13.9. The predicted octanol–water partition coefficient (Wildman–Crippen LogP) is 2.06. The van der Waals surface area contributed by atoms with E-state index in [-0.39, 0.29) is 23.6 Å². The van der Waals surface area contributed by atoms with Gasteiger partial charge in [0.2, 0.25) is 0 Å². The molecule has 0 unspecified atom stereocenters. The highest BCUT2D eigenvalue weighted by atomic mass is 32.2. The highest BCUT2D eigenvalue weighted by Crippen LogP contribution is 2.34. The monoisotopic (exact) mass is 333 g/mol. The van der Waals surface area contributed by atoms with Gasteiger partial charge in [-0.1, -0.05) is 18.2 Å². The minimum Gasteiger partial charge on any atom is -0.489 e. The van der Waals surface area contributed by atoms with Gasteiger partial charge in [-0.25, -0.2) is 13.2 Å². The third-order valence-electron chi connectivity index (χ3n) is 3.53. The van der Waals surface area contributed by atoms with Crippen molar-refractivity contribution in [2.45, 2.75) is 4.90 Å². The fourth-order valence-corrected chi connectivity index (χ4v) is 3.93. The van der Waals surface area contributed by atoms with Crippen molar-refractivity contribution >= 4 is 21.7 Å². The number of sulfonamides is 1. The zero-order valence-electron chi connectivity index (χ0n) is 12.4. The van der Waals surface area contributed by atoms with E-state index in [4.69, 9.17) is 4.74 Å². The summed E-state index contributed by atoms with van der Waals surface area (Å²) in [6.07, 6.45) is 0. The van der Waals surface area contributed by atoms with Crippen LogP contribution >= 0.6 is 0 Å². The molecule has 1 aliphatic rings. The van der Waals surface area contributed by atoms with E-state index in [2.05, 4.69) is 4.74 Å². The summed E-state index contributed by atoms with van der Waals surface area (Å²) < 4.78 is 37.3. The summed E-state index contributed by atoms with van der Waals surface area (Å²) in [5.41, 5.74) is 0.678. The summed E-state index contributed by atoms with van der Waals surface area (Å²) in [7, 11) is -2.54. The summed E-state index contributed by atoms with van der Waals surface area (Å²) in [6, 6.07) is 12.8. The van der Waals surface area contributed by atoms with Crippen LogP contribution in [-0.4, -0.2) is 34.6 Å². The summed E-state index contributed by atoms with van der Waals surface area (Å²) in [5.74, 6) is -0.0594. The Kier molecular flexibility index (Phi) is 3.96. The molecule has 1 aliphatic heterocycles. The summed E-state index contributed by atoms with van der Waals surface area (Å²) in [5, 5.41) is 0. The van der Waals surface area contributed by atoms with E-state index in [1.54, 1.807) is 24.3 Å². The lowest BCUT2D eigenvalue weighted by molar-refractivity contribution is 0.0600. The first-order chi connectivity index (χ1) is 11.0.